The number of carboxylic acid groups (broad SMARTS) is 1. The normalized spacial score (nSPS) is 18.5. The molecule has 4 heteroatoms. The summed E-state index contributed by atoms with van der Waals surface area (Å²) in [7, 11) is 0. The molecule has 0 aromatic heterocycles. The van der Waals surface area contributed by atoms with Crippen LogP contribution in [0.25, 0.3) is 5.57 Å². The van der Waals surface area contributed by atoms with Gasteiger partial charge in [-0.25, -0.2) is 4.39 Å². The monoisotopic (exact) mass is 427 g/mol. The van der Waals surface area contributed by atoms with Crippen LogP contribution < -0.4 is 9.84 Å². The summed E-state index contributed by atoms with van der Waals surface area (Å²) in [5.74, 6) is -0.964. The molecule has 170 valence electrons. The van der Waals surface area contributed by atoms with Gasteiger partial charge in [0.1, 0.15) is 11.6 Å². The second-order valence-corrected chi connectivity index (χ2v) is 9.73. The zero-order valence-electron chi connectivity index (χ0n) is 20.0. The van der Waals surface area contributed by atoms with E-state index in [1.54, 1.807) is 6.92 Å². The number of carboxylic acids is 1. The summed E-state index contributed by atoms with van der Waals surface area (Å²) in [4.78, 5) is 10.7. The Bertz CT molecular complexity index is 917. The van der Waals surface area contributed by atoms with Gasteiger partial charge in [0.2, 0.25) is 0 Å². The number of halogens is 1. The van der Waals surface area contributed by atoms with Gasteiger partial charge >= 0.3 is 0 Å². The molecule has 1 aromatic carbocycles. The van der Waals surface area contributed by atoms with Crippen molar-refractivity contribution in [2.24, 2.45) is 0 Å². The Morgan fingerprint density at radius 1 is 1.10 bits per heavy atom. The molecule has 3 nitrogen and oxygen atoms in total. The molecule has 31 heavy (non-hydrogen) atoms. The van der Waals surface area contributed by atoms with Crippen LogP contribution in [0.4, 0.5) is 4.39 Å². The SMILES string of the molecule is CCCOc1cc2c(cc1\C(CC)=C(F)/C=C/C(C)=C/C(=O)[O-])C(C)(C)CCC2(C)C. The molecule has 1 aliphatic rings. The maximum absolute atomic E-state index is 15.3. The van der Waals surface area contributed by atoms with Gasteiger partial charge in [0.25, 0.3) is 0 Å². The summed E-state index contributed by atoms with van der Waals surface area (Å²) < 4.78 is 21.4. The van der Waals surface area contributed by atoms with Crippen LogP contribution in [0.3, 0.4) is 0 Å². The summed E-state index contributed by atoms with van der Waals surface area (Å²) in [6.45, 7) is 15.2. The summed E-state index contributed by atoms with van der Waals surface area (Å²) >= 11 is 0. The van der Waals surface area contributed by atoms with Crippen molar-refractivity contribution in [1.82, 2.24) is 0 Å². The minimum absolute atomic E-state index is 0.00186. The molecular formula is C27H36FO3-. The van der Waals surface area contributed by atoms with E-state index < -0.39 is 5.97 Å². The van der Waals surface area contributed by atoms with Gasteiger partial charge < -0.3 is 14.6 Å². The highest BCUT2D eigenvalue weighted by molar-refractivity contribution is 5.79. The third kappa shape index (κ3) is 5.87. The van der Waals surface area contributed by atoms with Gasteiger partial charge in [0.15, 0.2) is 0 Å². The van der Waals surface area contributed by atoms with E-state index in [1.165, 1.54) is 23.3 Å². The third-order valence-corrected chi connectivity index (χ3v) is 6.22. The third-order valence-electron chi connectivity index (χ3n) is 6.22. The van der Waals surface area contributed by atoms with E-state index in [1.807, 2.05) is 6.92 Å². The van der Waals surface area contributed by atoms with Crippen molar-refractivity contribution < 1.29 is 19.0 Å². The summed E-state index contributed by atoms with van der Waals surface area (Å²) in [5.41, 5.74) is 4.32. The molecule has 0 fully saturated rings. The molecule has 0 saturated heterocycles. The molecule has 0 spiro atoms. The van der Waals surface area contributed by atoms with E-state index in [9.17, 15) is 9.90 Å². The fraction of sp³-hybridized carbons (Fsp3) is 0.519. The van der Waals surface area contributed by atoms with Gasteiger partial charge in [0.05, 0.1) is 12.6 Å². The number of benzene rings is 1. The number of fused-ring (bicyclic) bond motifs is 1. The molecule has 0 N–H and O–H groups in total. The second-order valence-electron chi connectivity index (χ2n) is 9.73. The predicted octanol–water partition coefficient (Wildman–Crippen LogP) is 6.17. The highest BCUT2D eigenvalue weighted by Crippen LogP contribution is 2.49. The van der Waals surface area contributed by atoms with Gasteiger partial charge in [-0.05, 0) is 90.0 Å². The van der Waals surface area contributed by atoms with Gasteiger partial charge in [-0.2, -0.15) is 0 Å². The second kappa shape index (κ2) is 9.84. The summed E-state index contributed by atoms with van der Waals surface area (Å²) in [6.07, 6.45) is 7.26. The highest BCUT2D eigenvalue weighted by Gasteiger charge is 2.38. The Hall–Kier alpha value is -2.36. The van der Waals surface area contributed by atoms with E-state index in [-0.39, 0.29) is 16.7 Å². The van der Waals surface area contributed by atoms with Crippen molar-refractivity contribution in [3.05, 3.63) is 58.5 Å². The lowest BCUT2D eigenvalue weighted by atomic mass is 9.62. The summed E-state index contributed by atoms with van der Waals surface area (Å²) in [5, 5.41) is 10.7. The van der Waals surface area contributed by atoms with E-state index in [0.717, 1.165) is 30.9 Å². The molecule has 0 unspecified atom stereocenters. The van der Waals surface area contributed by atoms with Crippen LogP contribution in [-0.2, 0) is 15.6 Å². The first-order valence-corrected chi connectivity index (χ1v) is 11.2. The lowest BCUT2D eigenvalue weighted by molar-refractivity contribution is -0.297. The number of hydrogen-bond donors (Lipinski definition) is 0. The van der Waals surface area contributed by atoms with Crippen molar-refractivity contribution in [1.29, 1.82) is 0 Å². The van der Waals surface area contributed by atoms with Crippen molar-refractivity contribution >= 4 is 11.5 Å². The number of carbonyl (C=O) groups is 1. The van der Waals surface area contributed by atoms with Crippen LogP contribution in [0.2, 0.25) is 0 Å². The standard InChI is InChI=1S/C27H37FO3/c1-8-14-31-24-17-22-21(26(4,5)12-13-27(22,6)7)16-20(24)19(9-2)23(28)11-10-18(3)15-25(29)30/h10-11,15-17H,8-9,12-14H2,1-7H3,(H,29,30)/p-1/b11-10+,18-15+,23-19+. The molecule has 0 heterocycles. The van der Waals surface area contributed by atoms with E-state index in [4.69, 9.17) is 4.74 Å². The molecule has 2 rings (SSSR count). The summed E-state index contributed by atoms with van der Waals surface area (Å²) in [6, 6.07) is 4.24. The van der Waals surface area contributed by atoms with Crippen LogP contribution >= 0.6 is 0 Å². The Morgan fingerprint density at radius 3 is 2.19 bits per heavy atom. The number of ether oxygens (including phenoxy) is 1. The maximum Gasteiger partial charge on any atom is 0.127 e. The molecule has 1 aliphatic carbocycles. The molecule has 0 amide bonds. The minimum Gasteiger partial charge on any atom is -0.545 e. The van der Waals surface area contributed by atoms with Crippen LogP contribution in [0.1, 0.15) is 90.8 Å². The van der Waals surface area contributed by atoms with Gasteiger partial charge in [-0.1, -0.05) is 47.6 Å². The lowest BCUT2D eigenvalue weighted by Gasteiger charge is -2.42. The number of allylic oxidation sites excluding steroid dienone is 5. The Morgan fingerprint density at radius 2 is 1.68 bits per heavy atom. The molecule has 0 radical (unpaired) electrons. The van der Waals surface area contributed by atoms with Crippen molar-refractivity contribution in [3.63, 3.8) is 0 Å². The van der Waals surface area contributed by atoms with Crippen molar-refractivity contribution in [3.8, 4) is 5.75 Å². The quantitative estimate of drug-likeness (QED) is 0.368. The number of aliphatic carboxylic acids is 1. The van der Waals surface area contributed by atoms with Gasteiger partial charge in [-0.3, -0.25) is 0 Å². The minimum atomic E-state index is -1.29. The van der Waals surface area contributed by atoms with Gasteiger partial charge in [-0.15, -0.1) is 0 Å². The van der Waals surface area contributed by atoms with Crippen molar-refractivity contribution in [2.75, 3.05) is 6.61 Å². The fourth-order valence-electron chi connectivity index (χ4n) is 4.19. The van der Waals surface area contributed by atoms with E-state index in [0.29, 0.717) is 29.9 Å². The number of hydrogen-bond acceptors (Lipinski definition) is 3. The first-order chi connectivity index (χ1) is 14.4. The smallest absolute Gasteiger partial charge is 0.127 e. The maximum atomic E-state index is 15.3. The molecule has 0 bridgehead atoms. The fourth-order valence-corrected chi connectivity index (χ4v) is 4.19. The largest absolute Gasteiger partial charge is 0.545 e. The topological polar surface area (TPSA) is 49.4 Å². The molecule has 0 atom stereocenters. The first kappa shape index (κ1) is 24.9. The Balaban J connectivity index is 2.69. The van der Waals surface area contributed by atoms with E-state index >= 15 is 4.39 Å². The van der Waals surface area contributed by atoms with E-state index in [2.05, 4.69) is 46.8 Å². The Labute approximate surface area is 186 Å². The molecular weight excluding hydrogens is 391 g/mol. The average molecular weight is 428 g/mol. The zero-order valence-corrected chi connectivity index (χ0v) is 20.0. The van der Waals surface area contributed by atoms with Crippen LogP contribution in [-0.4, -0.2) is 12.6 Å². The lowest BCUT2D eigenvalue weighted by Crippen LogP contribution is -2.34. The van der Waals surface area contributed by atoms with Crippen molar-refractivity contribution in [2.45, 2.75) is 85.0 Å². The van der Waals surface area contributed by atoms with Crippen LogP contribution in [0, 0.1) is 0 Å². The van der Waals surface area contributed by atoms with Gasteiger partial charge in [0, 0.05) is 5.56 Å². The zero-order chi connectivity index (χ0) is 23.4. The average Bonchev–Trinajstić information content (AvgIpc) is 2.68. The molecule has 0 aliphatic heterocycles. The van der Waals surface area contributed by atoms with Crippen LogP contribution in [0.15, 0.2) is 41.8 Å². The Kier molecular flexibility index (Phi) is 7.91. The number of rotatable bonds is 8. The first-order valence-electron chi connectivity index (χ1n) is 11.2. The predicted molar refractivity (Wildman–Crippen MR) is 124 cm³/mol. The van der Waals surface area contributed by atoms with Crippen LogP contribution in [0.5, 0.6) is 5.75 Å². The molecule has 0 saturated carbocycles. The number of carbonyl (C=O) groups excluding carboxylic acids is 1. The molecule has 1 aromatic rings. The highest BCUT2D eigenvalue weighted by atomic mass is 19.1.